The van der Waals surface area contributed by atoms with Crippen LogP contribution >= 0.6 is 11.3 Å². The Hall–Kier alpha value is -1.86. The van der Waals surface area contributed by atoms with E-state index in [2.05, 4.69) is 11.8 Å². The highest BCUT2D eigenvalue weighted by Crippen LogP contribution is 2.18. The molecule has 0 saturated heterocycles. The van der Waals surface area contributed by atoms with E-state index in [1.165, 1.54) is 11.3 Å². The summed E-state index contributed by atoms with van der Waals surface area (Å²) in [5.41, 5.74) is 0.605. The van der Waals surface area contributed by atoms with Crippen LogP contribution in [0.2, 0.25) is 0 Å². The highest BCUT2D eigenvalue weighted by Gasteiger charge is 2.19. The van der Waals surface area contributed by atoms with Crippen LogP contribution in [0.1, 0.15) is 21.7 Å². The highest BCUT2D eigenvalue weighted by molar-refractivity contribution is 7.12. The Morgan fingerprint density at radius 1 is 1.55 bits per heavy atom. The summed E-state index contributed by atoms with van der Waals surface area (Å²) >= 11 is 1.30. The predicted molar refractivity (Wildman–Crippen MR) is 76.3 cm³/mol. The zero-order chi connectivity index (χ0) is 14.8. The van der Waals surface area contributed by atoms with Crippen molar-refractivity contribution in [2.75, 3.05) is 33.4 Å². The van der Waals surface area contributed by atoms with Gasteiger partial charge in [-0.05, 0) is 11.4 Å². The van der Waals surface area contributed by atoms with E-state index >= 15 is 0 Å². The molecule has 1 aromatic rings. The summed E-state index contributed by atoms with van der Waals surface area (Å²) in [5, 5.41) is 19.2. The number of nitrogens with zero attached hydrogens (tertiary/aromatic N) is 2. The minimum Gasteiger partial charge on any atom is -0.384 e. The topological polar surface area (TPSA) is 73.6 Å². The van der Waals surface area contributed by atoms with Gasteiger partial charge >= 0.3 is 0 Å². The third kappa shape index (κ3) is 4.67. The second kappa shape index (κ2) is 9.11. The summed E-state index contributed by atoms with van der Waals surface area (Å²) < 4.78 is 4.98. The van der Waals surface area contributed by atoms with Crippen LogP contribution in [-0.2, 0) is 4.74 Å². The van der Waals surface area contributed by atoms with Gasteiger partial charge in [-0.1, -0.05) is 11.8 Å². The molecule has 0 fully saturated rings. The smallest absolute Gasteiger partial charge is 0.265 e. The molecule has 0 aliphatic rings. The van der Waals surface area contributed by atoms with Crippen LogP contribution in [0.25, 0.3) is 0 Å². The fourth-order valence-electron chi connectivity index (χ4n) is 1.55. The molecule has 0 atom stereocenters. The molecule has 5 nitrogen and oxygen atoms in total. The number of hydrogen-bond donors (Lipinski definition) is 1. The third-order valence-electron chi connectivity index (χ3n) is 2.51. The van der Waals surface area contributed by atoms with Crippen molar-refractivity contribution in [2.45, 2.75) is 6.42 Å². The van der Waals surface area contributed by atoms with Gasteiger partial charge < -0.3 is 14.7 Å². The lowest BCUT2D eigenvalue weighted by Gasteiger charge is -2.20. The largest absolute Gasteiger partial charge is 0.384 e. The van der Waals surface area contributed by atoms with Gasteiger partial charge in [-0.25, -0.2) is 0 Å². The number of nitriles is 1. The maximum absolute atomic E-state index is 12.4. The molecular weight excluding hydrogens is 276 g/mol. The molecule has 0 radical (unpaired) electrons. The maximum atomic E-state index is 12.4. The molecule has 1 heterocycles. The highest BCUT2D eigenvalue weighted by atomic mass is 32.1. The van der Waals surface area contributed by atoms with Crippen molar-refractivity contribution < 1.29 is 14.6 Å². The van der Waals surface area contributed by atoms with E-state index in [1.807, 2.05) is 6.07 Å². The fourth-order valence-corrected chi connectivity index (χ4v) is 2.37. The molecule has 6 heteroatoms. The van der Waals surface area contributed by atoms with E-state index in [9.17, 15) is 4.79 Å². The van der Waals surface area contributed by atoms with Gasteiger partial charge in [0, 0.05) is 25.8 Å². The predicted octanol–water partition coefficient (Wildman–Crippen LogP) is 1.09. The molecule has 0 saturated carbocycles. The van der Waals surface area contributed by atoms with Crippen LogP contribution in [0.15, 0.2) is 11.4 Å². The van der Waals surface area contributed by atoms with Gasteiger partial charge in [0.05, 0.1) is 19.1 Å². The lowest BCUT2D eigenvalue weighted by Crippen LogP contribution is -2.34. The Balaban J connectivity index is 2.88. The van der Waals surface area contributed by atoms with Crippen LogP contribution < -0.4 is 0 Å². The molecule has 1 aromatic heterocycles. The number of thiophene rings is 1. The van der Waals surface area contributed by atoms with Gasteiger partial charge in [0.2, 0.25) is 0 Å². The molecule has 0 aliphatic carbocycles. The van der Waals surface area contributed by atoms with Crippen LogP contribution in [-0.4, -0.2) is 49.3 Å². The van der Waals surface area contributed by atoms with Gasteiger partial charge in [-0.15, -0.1) is 11.3 Å². The molecule has 1 N–H and O–H groups in total. The lowest BCUT2D eigenvalue weighted by molar-refractivity contribution is 0.0704. The van der Waals surface area contributed by atoms with E-state index in [0.29, 0.717) is 30.1 Å². The van der Waals surface area contributed by atoms with Crippen molar-refractivity contribution in [1.29, 1.82) is 5.26 Å². The Morgan fingerprint density at radius 2 is 2.35 bits per heavy atom. The lowest BCUT2D eigenvalue weighted by atomic mass is 10.2. The number of hydrogen-bond acceptors (Lipinski definition) is 5. The van der Waals surface area contributed by atoms with Gasteiger partial charge in [0.25, 0.3) is 5.91 Å². The van der Waals surface area contributed by atoms with Crippen molar-refractivity contribution in [3.05, 3.63) is 21.9 Å². The van der Waals surface area contributed by atoms with Gasteiger partial charge in [-0.2, -0.15) is 5.26 Å². The summed E-state index contributed by atoms with van der Waals surface area (Å²) in [5.74, 6) is 5.14. The van der Waals surface area contributed by atoms with Gasteiger partial charge in [-0.3, -0.25) is 4.79 Å². The quantitative estimate of drug-likeness (QED) is 0.797. The zero-order valence-corrected chi connectivity index (χ0v) is 12.1. The first-order chi connectivity index (χ1) is 9.74. The van der Waals surface area contributed by atoms with E-state index in [-0.39, 0.29) is 18.9 Å². The summed E-state index contributed by atoms with van der Waals surface area (Å²) in [6.45, 7) is 0.969. The minimum atomic E-state index is -0.245. The number of methoxy groups -OCH3 is 1. The van der Waals surface area contributed by atoms with Crippen molar-refractivity contribution in [1.82, 2.24) is 4.90 Å². The summed E-state index contributed by atoms with van der Waals surface area (Å²) in [6, 6.07) is 3.78. The summed E-state index contributed by atoms with van der Waals surface area (Å²) in [4.78, 5) is 14.6. The average molecular weight is 292 g/mol. The molecule has 106 valence electrons. The second-order valence-electron chi connectivity index (χ2n) is 3.82. The monoisotopic (exact) mass is 292 g/mol. The van der Waals surface area contributed by atoms with Gasteiger partial charge in [0.15, 0.2) is 0 Å². The van der Waals surface area contributed by atoms with E-state index in [1.54, 1.807) is 23.5 Å². The fraction of sp³-hybridized carbons (Fsp3) is 0.429. The van der Waals surface area contributed by atoms with Crippen molar-refractivity contribution in [3.63, 3.8) is 0 Å². The minimum absolute atomic E-state index is 0.158. The van der Waals surface area contributed by atoms with E-state index < -0.39 is 0 Å². The number of aliphatic hydroxyl groups excluding tert-OH is 1. The molecule has 0 spiro atoms. The Labute approximate surface area is 122 Å². The number of carbonyl (C=O) groups is 1. The SMILES string of the molecule is COCCN(CCC#N)C(=O)c1sccc1C#CCO. The van der Waals surface area contributed by atoms with Crippen LogP contribution in [0.3, 0.4) is 0 Å². The van der Waals surface area contributed by atoms with Gasteiger partial charge in [0.1, 0.15) is 11.5 Å². The number of amides is 1. The maximum Gasteiger partial charge on any atom is 0.265 e. The van der Waals surface area contributed by atoms with Crippen molar-refractivity contribution in [3.8, 4) is 17.9 Å². The number of ether oxygens (including phenoxy) is 1. The first-order valence-electron chi connectivity index (χ1n) is 6.07. The van der Waals surface area contributed by atoms with Crippen molar-refractivity contribution >= 4 is 17.2 Å². The summed E-state index contributed by atoms with van der Waals surface area (Å²) in [7, 11) is 1.57. The first kappa shape index (κ1) is 16.2. The van der Waals surface area contributed by atoms with Crippen LogP contribution in [0.4, 0.5) is 0 Å². The first-order valence-corrected chi connectivity index (χ1v) is 6.95. The van der Waals surface area contributed by atoms with E-state index in [4.69, 9.17) is 15.1 Å². The van der Waals surface area contributed by atoms with Crippen molar-refractivity contribution in [2.24, 2.45) is 0 Å². The van der Waals surface area contributed by atoms with Crippen LogP contribution in [0, 0.1) is 23.2 Å². The molecule has 0 aliphatic heterocycles. The number of aliphatic hydroxyl groups is 1. The molecule has 1 amide bonds. The third-order valence-corrected chi connectivity index (χ3v) is 3.41. The standard InChI is InChI=1S/C14H16N2O3S/c1-19-10-8-16(7-3-6-15)14(18)13-12(4-2-9-17)5-11-20-13/h5,11,17H,3,7-10H2,1H3. The summed E-state index contributed by atoms with van der Waals surface area (Å²) in [6.07, 6.45) is 0.276. The van der Waals surface area contributed by atoms with Crippen LogP contribution in [0.5, 0.6) is 0 Å². The molecule has 0 unspecified atom stereocenters. The molecule has 0 bridgehead atoms. The Kier molecular flexibility index (Phi) is 7.38. The molecule has 1 rings (SSSR count). The van der Waals surface area contributed by atoms with E-state index in [0.717, 1.165) is 0 Å². The Morgan fingerprint density at radius 3 is 3.00 bits per heavy atom. The Bertz CT molecular complexity index is 537. The molecule has 20 heavy (non-hydrogen) atoms. The zero-order valence-electron chi connectivity index (χ0n) is 11.3. The molecular formula is C14H16N2O3S. The second-order valence-corrected chi connectivity index (χ2v) is 4.73. The number of rotatable bonds is 6. The normalized spacial score (nSPS) is 9.45. The average Bonchev–Trinajstić information content (AvgIpc) is 2.93. The number of carbonyl (C=O) groups excluding carboxylic acids is 1. The molecule has 0 aromatic carbocycles.